The van der Waals surface area contributed by atoms with Crippen LogP contribution >= 0.6 is 11.6 Å². The molecule has 0 aliphatic rings. The van der Waals surface area contributed by atoms with Crippen molar-refractivity contribution in [3.8, 4) is 0 Å². The maximum absolute atomic E-state index is 12.6. The molecule has 11 heteroatoms. The molecule has 0 heterocycles. The Morgan fingerprint density at radius 1 is 1.22 bits per heavy atom. The molecule has 0 spiro atoms. The van der Waals surface area contributed by atoms with Gasteiger partial charge < -0.3 is 25.9 Å². The zero-order valence-electron chi connectivity index (χ0n) is 17.5. The second kappa shape index (κ2) is 11.7. The second-order valence-electron chi connectivity index (χ2n) is 6.94. The van der Waals surface area contributed by atoms with Crippen molar-refractivity contribution < 1.29 is 24.2 Å². The highest BCUT2D eigenvalue weighted by Crippen LogP contribution is 2.25. The van der Waals surface area contributed by atoms with E-state index in [-0.39, 0.29) is 17.5 Å². The molecule has 170 valence electrons. The van der Waals surface area contributed by atoms with Crippen molar-refractivity contribution in [2.24, 2.45) is 10.8 Å². The van der Waals surface area contributed by atoms with E-state index < -0.39 is 24.0 Å². The molecule has 0 aliphatic heterocycles. The number of carbonyl (C=O) groups is 3. The summed E-state index contributed by atoms with van der Waals surface area (Å²) in [6.45, 7) is 3.31. The van der Waals surface area contributed by atoms with Gasteiger partial charge in [-0.05, 0) is 49.7 Å². The Kier molecular flexibility index (Phi) is 8.99. The minimum absolute atomic E-state index is 0.0221. The monoisotopic (exact) mass is 461 g/mol. The first kappa shape index (κ1) is 24.6. The number of halogens is 1. The van der Waals surface area contributed by atoms with Crippen molar-refractivity contribution in [2.45, 2.75) is 32.4 Å². The standard InChI is InChI=1S/C21H24ClN5O5/c1-12(2)32-21(31)27-18(20(29)30)9-13-6-7-17(16(22)8-13)26-19(28)14-4-3-5-15(10-14)24-11-25-23/h3-8,10-12,18H,9,23H2,1-2H3,(H,24,25)(H,26,28)(H,27,31)(H,29,30)/t18-/m0/s1. The van der Waals surface area contributed by atoms with E-state index in [1.54, 1.807) is 50.2 Å². The fourth-order valence-electron chi connectivity index (χ4n) is 2.65. The number of carboxylic acids is 1. The molecule has 6 N–H and O–H groups in total. The number of amides is 2. The first-order valence-corrected chi connectivity index (χ1v) is 9.96. The van der Waals surface area contributed by atoms with Crippen molar-refractivity contribution in [1.29, 1.82) is 0 Å². The number of carboxylic acid groups (broad SMARTS) is 1. The van der Waals surface area contributed by atoms with Crippen LogP contribution in [0.15, 0.2) is 47.5 Å². The number of benzene rings is 2. The number of anilines is 1. The number of nitrogens with one attached hydrogen (secondary N) is 3. The molecule has 0 aromatic heterocycles. The summed E-state index contributed by atoms with van der Waals surface area (Å²) in [6, 6.07) is 10.1. The Morgan fingerprint density at radius 2 is 1.97 bits per heavy atom. The number of hydrogen-bond acceptors (Lipinski definition) is 6. The number of nitrogens with zero attached hydrogens (tertiary/aromatic N) is 1. The predicted molar refractivity (Wildman–Crippen MR) is 121 cm³/mol. The van der Waals surface area contributed by atoms with Crippen LogP contribution in [0.5, 0.6) is 0 Å². The lowest BCUT2D eigenvalue weighted by molar-refractivity contribution is -0.139. The molecule has 32 heavy (non-hydrogen) atoms. The van der Waals surface area contributed by atoms with E-state index in [2.05, 4.69) is 21.1 Å². The van der Waals surface area contributed by atoms with Crippen LogP contribution in [0.4, 0.5) is 16.2 Å². The first-order valence-electron chi connectivity index (χ1n) is 9.58. The molecule has 2 aromatic carbocycles. The fourth-order valence-corrected chi connectivity index (χ4v) is 2.90. The van der Waals surface area contributed by atoms with Crippen molar-refractivity contribution in [3.63, 3.8) is 0 Å². The third-order valence-corrected chi connectivity index (χ3v) is 4.36. The maximum Gasteiger partial charge on any atom is 0.408 e. The summed E-state index contributed by atoms with van der Waals surface area (Å²) in [4.78, 5) is 39.8. The minimum Gasteiger partial charge on any atom is -0.480 e. The summed E-state index contributed by atoms with van der Waals surface area (Å²) < 4.78 is 4.92. The first-order chi connectivity index (χ1) is 15.2. The van der Waals surface area contributed by atoms with Crippen LogP contribution in [-0.4, -0.2) is 41.6 Å². The maximum atomic E-state index is 12.6. The number of alkyl carbamates (subject to hydrolysis) is 1. The molecule has 0 bridgehead atoms. The molecule has 0 unspecified atom stereocenters. The second-order valence-corrected chi connectivity index (χ2v) is 7.34. The number of carbonyl (C=O) groups excluding carboxylic acids is 2. The molecular weight excluding hydrogens is 438 g/mol. The SMILES string of the molecule is CC(C)OC(=O)N[C@@H](Cc1ccc(NC(=O)c2cccc(N=CNN)c2)c(Cl)c1)C(=O)O. The molecule has 0 saturated heterocycles. The van der Waals surface area contributed by atoms with Gasteiger partial charge in [0.2, 0.25) is 0 Å². The Labute approximate surface area is 189 Å². The highest BCUT2D eigenvalue weighted by Gasteiger charge is 2.22. The van der Waals surface area contributed by atoms with Crippen LogP contribution in [0.25, 0.3) is 0 Å². The topological polar surface area (TPSA) is 155 Å². The van der Waals surface area contributed by atoms with Crippen molar-refractivity contribution in [1.82, 2.24) is 10.7 Å². The highest BCUT2D eigenvalue weighted by atomic mass is 35.5. The van der Waals surface area contributed by atoms with E-state index in [1.165, 1.54) is 12.4 Å². The summed E-state index contributed by atoms with van der Waals surface area (Å²) in [6.07, 6.45) is 0.0582. The number of aliphatic carboxylic acids is 1. The van der Waals surface area contributed by atoms with Gasteiger partial charge in [-0.15, -0.1) is 0 Å². The number of aliphatic imine (C=N–C) groups is 1. The van der Waals surface area contributed by atoms with Crippen LogP contribution in [0, 0.1) is 0 Å². The van der Waals surface area contributed by atoms with Crippen LogP contribution in [-0.2, 0) is 16.0 Å². The highest BCUT2D eigenvalue weighted by molar-refractivity contribution is 6.34. The third-order valence-electron chi connectivity index (χ3n) is 4.05. The quantitative estimate of drug-likeness (QED) is 0.166. The van der Waals surface area contributed by atoms with E-state index in [4.69, 9.17) is 22.2 Å². The molecule has 2 aromatic rings. The lowest BCUT2D eigenvalue weighted by atomic mass is 10.1. The largest absolute Gasteiger partial charge is 0.480 e. The number of nitrogens with two attached hydrogens (primary N) is 1. The van der Waals surface area contributed by atoms with E-state index >= 15 is 0 Å². The number of ether oxygens (including phenoxy) is 1. The molecule has 0 radical (unpaired) electrons. The van der Waals surface area contributed by atoms with Gasteiger partial charge in [0.05, 0.1) is 22.5 Å². The molecule has 1 atom stereocenters. The van der Waals surface area contributed by atoms with Crippen LogP contribution in [0.1, 0.15) is 29.8 Å². The molecule has 0 saturated carbocycles. The van der Waals surface area contributed by atoms with Crippen molar-refractivity contribution in [2.75, 3.05) is 5.32 Å². The van der Waals surface area contributed by atoms with Crippen molar-refractivity contribution >= 4 is 47.3 Å². The van der Waals surface area contributed by atoms with Crippen LogP contribution in [0.2, 0.25) is 5.02 Å². The third kappa shape index (κ3) is 7.56. The van der Waals surface area contributed by atoms with Crippen LogP contribution in [0.3, 0.4) is 0 Å². The average Bonchev–Trinajstić information content (AvgIpc) is 2.73. The van der Waals surface area contributed by atoms with Crippen LogP contribution < -0.4 is 21.9 Å². The summed E-state index contributed by atoms with van der Waals surface area (Å²) in [7, 11) is 0. The summed E-state index contributed by atoms with van der Waals surface area (Å²) in [5.74, 6) is 3.52. The molecule has 0 aliphatic carbocycles. The molecular formula is C21H24ClN5O5. The van der Waals surface area contributed by atoms with Gasteiger partial charge in [0, 0.05) is 12.0 Å². The average molecular weight is 462 g/mol. The molecule has 2 amide bonds. The van der Waals surface area contributed by atoms with Gasteiger partial charge in [-0.2, -0.15) is 0 Å². The van der Waals surface area contributed by atoms with Gasteiger partial charge in [0.1, 0.15) is 12.4 Å². The van der Waals surface area contributed by atoms with Gasteiger partial charge >= 0.3 is 12.1 Å². The Balaban J connectivity index is 2.09. The van der Waals surface area contributed by atoms with E-state index in [0.717, 1.165) is 0 Å². The summed E-state index contributed by atoms with van der Waals surface area (Å²) in [5, 5.41) is 14.6. The van der Waals surface area contributed by atoms with Gasteiger partial charge in [0.25, 0.3) is 5.91 Å². The number of hydrazine groups is 1. The Morgan fingerprint density at radius 3 is 2.59 bits per heavy atom. The lowest BCUT2D eigenvalue weighted by Crippen LogP contribution is -2.43. The van der Waals surface area contributed by atoms with Gasteiger partial charge in [-0.1, -0.05) is 23.7 Å². The number of rotatable bonds is 9. The fraction of sp³-hybridized carbons (Fsp3) is 0.238. The normalized spacial score (nSPS) is 11.8. The van der Waals surface area contributed by atoms with Gasteiger partial charge in [-0.3, -0.25) is 4.79 Å². The van der Waals surface area contributed by atoms with E-state index in [9.17, 15) is 19.5 Å². The van der Waals surface area contributed by atoms with E-state index in [0.29, 0.717) is 22.5 Å². The molecule has 2 rings (SSSR count). The minimum atomic E-state index is -1.22. The summed E-state index contributed by atoms with van der Waals surface area (Å²) >= 11 is 6.28. The zero-order chi connectivity index (χ0) is 23.7. The Bertz CT molecular complexity index is 1010. The smallest absolute Gasteiger partial charge is 0.408 e. The Hall–Kier alpha value is -3.63. The van der Waals surface area contributed by atoms with Gasteiger partial charge in [-0.25, -0.2) is 20.4 Å². The predicted octanol–water partition coefficient (Wildman–Crippen LogP) is 2.85. The van der Waals surface area contributed by atoms with Crippen molar-refractivity contribution in [3.05, 3.63) is 58.6 Å². The lowest BCUT2D eigenvalue weighted by Gasteiger charge is -2.16. The van der Waals surface area contributed by atoms with Gasteiger partial charge in [0.15, 0.2) is 0 Å². The molecule has 0 fully saturated rings. The molecule has 10 nitrogen and oxygen atoms in total. The summed E-state index contributed by atoms with van der Waals surface area (Å²) in [5.41, 5.74) is 4.06. The van der Waals surface area contributed by atoms with E-state index in [1.807, 2.05) is 0 Å². The number of hydrogen-bond donors (Lipinski definition) is 5. The zero-order valence-corrected chi connectivity index (χ0v) is 18.2.